The number of para-hydroxylation sites is 1. The van der Waals surface area contributed by atoms with E-state index in [1.807, 2.05) is 0 Å². The van der Waals surface area contributed by atoms with E-state index in [1.54, 1.807) is 24.3 Å². The van der Waals surface area contributed by atoms with Crippen molar-refractivity contribution in [1.82, 2.24) is 0 Å². The van der Waals surface area contributed by atoms with Gasteiger partial charge in [-0.3, -0.25) is 14.9 Å². The van der Waals surface area contributed by atoms with E-state index in [2.05, 4.69) is 5.32 Å². The Bertz CT molecular complexity index is 839. The summed E-state index contributed by atoms with van der Waals surface area (Å²) < 4.78 is 3.62. The monoisotopic (exact) mass is 403 g/mol. The fourth-order valence-corrected chi connectivity index (χ4v) is 3.24. The normalized spacial score (nSPS) is 16.1. The molecule has 25 heavy (non-hydrogen) atoms. The molecular formula is C17H18Cl3N2O3+. The molecule has 5 nitrogen and oxygen atoms in total. The number of nitrogens with one attached hydrogen (secondary N) is 2. The summed E-state index contributed by atoms with van der Waals surface area (Å²) in [5, 5.41) is 2.93. The molecule has 8 heteroatoms. The molecule has 134 valence electrons. The van der Waals surface area contributed by atoms with E-state index in [4.69, 9.17) is 39.2 Å². The maximum atomic E-state index is 12.9. The van der Waals surface area contributed by atoms with Gasteiger partial charge in [-0.2, -0.15) is 0 Å². The smallest absolute Gasteiger partial charge is 0.278 e. The molecule has 0 spiro atoms. The quantitative estimate of drug-likeness (QED) is 0.773. The Labute approximate surface area is 159 Å². The lowest BCUT2D eigenvalue weighted by molar-refractivity contribution is -0.918. The van der Waals surface area contributed by atoms with E-state index in [0.717, 1.165) is 25.9 Å². The first-order valence-corrected chi connectivity index (χ1v) is 9.26. The standard InChI is InChI=1S/C17H17Cl3N2O3/c18-17(19,20)16(24)21-15-12(10-22-8-4-1-5-9-22)14(23)11-6-2-3-7-13(11)25-15/h2-3,6-7H,1,4-5,8-10H2,(H,21,24)/p+1. The predicted molar refractivity (Wildman–Crippen MR) is 99.7 cm³/mol. The minimum atomic E-state index is -2.14. The number of rotatable bonds is 3. The fourth-order valence-electron chi connectivity index (χ4n) is 3.09. The summed E-state index contributed by atoms with van der Waals surface area (Å²) in [4.78, 5) is 26.3. The van der Waals surface area contributed by atoms with Crippen LogP contribution in [0.5, 0.6) is 0 Å². The molecule has 0 radical (unpaired) electrons. The third-order valence-corrected chi connectivity index (χ3v) is 4.88. The summed E-state index contributed by atoms with van der Waals surface area (Å²) in [7, 11) is 0. The molecule has 0 saturated carbocycles. The van der Waals surface area contributed by atoms with Crippen molar-refractivity contribution >= 4 is 57.6 Å². The maximum Gasteiger partial charge on any atom is 0.278 e. The van der Waals surface area contributed by atoms with Crippen molar-refractivity contribution < 1.29 is 14.1 Å². The highest BCUT2D eigenvalue weighted by molar-refractivity contribution is 6.76. The Morgan fingerprint density at radius 1 is 1.16 bits per heavy atom. The van der Waals surface area contributed by atoms with Gasteiger partial charge in [-0.25, -0.2) is 0 Å². The zero-order chi connectivity index (χ0) is 18.0. The van der Waals surface area contributed by atoms with Gasteiger partial charge in [0.25, 0.3) is 9.70 Å². The summed E-state index contributed by atoms with van der Waals surface area (Å²) in [6.45, 7) is 2.41. The van der Waals surface area contributed by atoms with Gasteiger partial charge in [0.05, 0.1) is 18.5 Å². The van der Waals surface area contributed by atoms with Crippen molar-refractivity contribution in [2.45, 2.75) is 29.6 Å². The highest BCUT2D eigenvalue weighted by atomic mass is 35.6. The molecule has 1 aliphatic heterocycles. The fraction of sp³-hybridized carbons (Fsp3) is 0.412. The van der Waals surface area contributed by atoms with Crippen molar-refractivity contribution in [3.05, 3.63) is 40.1 Å². The zero-order valence-corrected chi connectivity index (χ0v) is 15.7. The molecular weight excluding hydrogens is 387 g/mol. The van der Waals surface area contributed by atoms with Crippen LogP contribution in [0.1, 0.15) is 24.8 Å². The van der Waals surface area contributed by atoms with Crippen LogP contribution in [0.15, 0.2) is 33.5 Å². The highest BCUT2D eigenvalue weighted by Gasteiger charge is 2.33. The number of alkyl halides is 3. The molecule has 1 aliphatic rings. The van der Waals surface area contributed by atoms with Gasteiger partial charge in [0.1, 0.15) is 17.7 Å². The lowest BCUT2D eigenvalue weighted by Gasteiger charge is -2.24. The van der Waals surface area contributed by atoms with Gasteiger partial charge in [0.15, 0.2) is 0 Å². The van der Waals surface area contributed by atoms with Crippen molar-refractivity contribution in [3.63, 3.8) is 0 Å². The first-order chi connectivity index (χ1) is 11.9. The van der Waals surface area contributed by atoms with Gasteiger partial charge in [-0.15, -0.1) is 0 Å². The summed E-state index contributed by atoms with van der Waals surface area (Å²) in [6, 6.07) is 6.90. The Morgan fingerprint density at radius 2 is 1.84 bits per heavy atom. The third kappa shape index (κ3) is 4.29. The summed E-state index contributed by atoms with van der Waals surface area (Å²) in [5.74, 6) is -0.802. The maximum absolute atomic E-state index is 12.9. The Kier molecular flexibility index (Phi) is 5.58. The largest absolute Gasteiger partial charge is 0.439 e. The van der Waals surface area contributed by atoms with Crippen LogP contribution in [-0.2, 0) is 11.3 Å². The number of anilines is 1. The summed E-state index contributed by atoms with van der Waals surface area (Å²) >= 11 is 16.9. The molecule has 2 aromatic rings. The number of hydrogen-bond acceptors (Lipinski definition) is 3. The van der Waals surface area contributed by atoms with Gasteiger partial charge in [0.2, 0.25) is 11.3 Å². The second-order valence-electron chi connectivity index (χ2n) is 6.17. The zero-order valence-electron chi connectivity index (χ0n) is 13.4. The number of fused-ring (bicyclic) bond motifs is 1. The number of quaternary nitrogens is 1. The molecule has 0 unspecified atom stereocenters. The minimum absolute atomic E-state index is 0.0538. The number of carbonyl (C=O) groups excluding carboxylic acids is 1. The van der Waals surface area contributed by atoms with Crippen LogP contribution in [0.25, 0.3) is 11.0 Å². The molecule has 1 fully saturated rings. The van der Waals surface area contributed by atoms with Gasteiger partial charge >= 0.3 is 0 Å². The Morgan fingerprint density at radius 3 is 2.52 bits per heavy atom. The number of carbonyl (C=O) groups is 1. The molecule has 1 saturated heterocycles. The number of piperidine rings is 1. The molecule has 1 amide bonds. The van der Waals surface area contributed by atoms with Gasteiger partial charge < -0.3 is 9.32 Å². The van der Waals surface area contributed by atoms with E-state index >= 15 is 0 Å². The van der Waals surface area contributed by atoms with Crippen molar-refractivity contribution in [2.75, 3.05) is 18.4 Å². The molecule has 3 rings (SSSR count). The van der Waals surface area contributed by atoms with Gasteiger partial charge in [0, 0.05) is 0 Å². The van der Waals surface area contributed by atoms with Gasteiger partial charge in [-0.1, -0.05) is 46.9 Å². The number of benzene rings is 1. The van der Waals surface area contributed by atoms with E-state index in [0.29, 0.717) is 23.1 Å². The van der Waals surface area contributed by atoms with E-state index in [9.17, 15) is 9.59 Å². The number of hydrogen-bond donors (Lipinski definition) is 2. The SMILES string of the molecule is O=C(Nc1oc2ccccc2c(=O)c1C[NH+]1CCCCC1)C(Cl)(Cl)Cl. The molecule has 0 bridgehead atoms. The lowest BCUT2D eigenvalue weighted by atomic mass is 10.1. The van der Waals surface area contributed by atoms with E-state index in [-0.39, 0.29) is 11.3 Å². The minimum Gasteiger partial charge on any atom is -0.439 e. The Hall–Kier alpha value is -1.27. The second kappa shape index (κ2) is 7.54. The van der Waals surface area contributed by atoms with E-state index in [1.165, 1.54) is 11.3 Å². The first kappa shape index (κ1) is 18.5. The molecule has 0 atom stereocenters. The molecule has 1 aromatic heterocycles. The third-order valence-electron chi connectivity index (χ3n) is 4.36. The van der Waals surface area contributed by atoms with Crippen LogP contribution in [0, 0.1) is 0 Å². The molecule has 2 heterocycles. The van der Waals surface area contributed by atoms with Crippen LogP contribution >= 0.6 is 34.8 Å². The van der Waals surface area contributed by atoms with Crippen LogP contribution in [-0.4, -0.2) is 22.8 Å². The lowest BCUT2D eigenvalue weighted by Crippen LogP contribution is -3.11. The van der Waals surface area contributed by atoms with Crippen molar-refractivity contribution in [3.8, 4) is 0 Å². The van der Waals surface area contributed by atoms with Crippen LogP contribution in [0.4, 0.5) is 5.88 Å². The van der Waals surface area contributed by atoms with Crippen LogP contribution < -0.4 is 15.6 Å². The van der Waals surface area contributed by atoms with Crippen molar-refractivity contribution in [1.29, 1.82) is 0 Å². The summed E-state index contributed by atoms with van der Waals surface area (Å²) in [6.07, 6.45) is 3.43. The average molecular weight is 405 g/mol. The Balaban J connectivity index is 2.04. The number of amides is 1. The van der Waals surface area contributed by atoms with Crippen LogP contribution in [0.2, 0.25) is 0 Å². The van der Waals surface area contributed by atoms with E-state index < -0.39 is 9.70 Å². The second-order valence-corrected chi connectivity index (χ2v) is 8.46. The van der Waals surface area contributed by atoms with Crippen LogP contribution in [0.3, 0.4) is 0 Å². The predicted octanol–water partition coefficient (Wildman–Crippen LogP) is 2.67. The molecule has 0 aliphatic carbocycles. The first-order valence-electron chi connectivity index (χ1n) is 8.13. The highest BCUT2D eigenvalue weighted by Crippen LogP contribution is 2.29. The average Bonchev–Trinajstić information content (AvgIpc) is 2.58. The number of likely N-dealkylation sites (tertiary alicyclic amines) is 1. The van der Waals surface area contributed by atoms with Crippen molar-refractivity contribution in [2.24, 2.45) is 0 Å². The van der Waals surface area contributed by atoms with Gasteiger partial charge in [-0.05, 0) is 31.4 Å². The number of halogens is 3. The summed E-state index contributed by atoms with van der Waals surface area (Å²) in [5.41, 5.74) is 0.613. The topological polar surface area (TPSA) is 63.8 Å². The molecule has 1 aromatic carbocycles. The molecule has 2 N–H and O–H groups in total.